The molecule has 2 amide bonds. The largest absolute Gasteiger partial charge is 0.480 e. The van der Waals surface area contributed by atoms with Crippen molar-refractivity contribution in [2.75, 3.05) is 25.1 Å². The molecule has 0 aromatic carbocycles. The minimum atomic E-state index is -1.16. The lowest BCUT2D eigenvalue weighted by molar-refractivity contribution is -0.138. The average molecular weight is 320 g/mol. The first-order valence-electron chi connectivity index (χ1n) is 6.60. The van der Waals surface area contributed by atoms with E-state index in [0.717, 1.165) is 11.8 Å². The zero-order valence-electron chi connectivity index (χ0n) is 13.1. The highest BCUT2D eigenvalue weighted by Gasteiger charge is 2.24. The Kier molecular flexibility index (Phi) is 8.16. The summed E-state index contributed by atoms with van der Waals surface area (Å²) in [7, 11) is 1.68. The van der Waals surface area contributed by atoms with Gasteiger partial charge in [0.05, 0.1) is 5.75 Å². The molecule has 0 spiro atoms. The Morgan fingerprint density at radius 2 is 1.90 bits per heavy atom. The zero-order chi connectivity index (χ0) is 16.6. The fourth-order valence-corrected chi connectivity index (χ4v) is 2.15. The number of aliphatic carboxylic acids is 1. The lowest BCUT2D eigenvalue weighted by Crippen LogP contribution is -2.45. The van der Waals surface area contributed by atoms with Crippen LogP contribution in [0, 0.1) is 0 Å². The average Bonchev–Trinajstić information content (AvgIpc) is 2.33. The van der Waals surface area contributed by atoms with Gasteiger partial charge in [-0.3, -0.25) is 4.79 Å². The number of hydrogen-bond donors (Lipinski definition) is 2. The number of ether oxygens (including phenoxy) is 1. The third kappa shape index (κ3) is 9.17. The molecule has 0 rings (SSSR count). The summed E-state index contributed by atoms with van der Waals surface area (Å²) in [6, 6.07) is -1.09. The smallest absolute Gasteiger partial charge is 0.408 e. The van der Waals surface area contributed by atoms with Crippen LogP contribution in [0.15, 0.2) is 0 Å². The molecule has 0 aliphatic heterocycles. The fraction of sp³-hybridized carbons (Fsp3) is 0.769. The minimum Gasteiger partial charge on any atom is -0.480 e. The first-order valence-corrected chi connectivity index (χ1v) is 7.76. The summed E-state index contributed by atoms with van der Waals surface area (Å²) < 4.78 is 5.00. The van der Waals surface area contributed by atoms with Gasteiger partial charge in [0.1, 0.15) is 11.6 Å². The van der Waals surface area contributed by atoms with Crippen molar-refractivity contribution >= 4 is 29.7 Å². The third-order valence-corrected chi connectivity index (χ3v) is 3.42. The molecule has 0 aromatic rings. The summed E-state index contributed by atoms with van der Waals surface area (Å²) >= 11 is 1.16. The Hall–Kier alpha value is -1.44. The Bertz CT molecular complexity index is 381. The number of alkyl carbamates (subject to hydrolysis) is 1. The maximum Gasteiger partial charge on any atom is 0.408 e. The van der Waals surface area contributed by atoms with Crippen LogP contribution in [-0.4, -0.2) is 64.7 Å². The predicted octanol–water partition coefficient (Wildman–Crippen LogP) is 1.18. The summed E-state index contributed by atoms with van der Waals surface area (Å²) in [5.74, 6) is -0.976. The second-order valence-electron chi connectivity index (χ2n) is 5.46. The van der Waals surface area contributed by atoms with E-state index in [9.17, 15) is 14.4 Å². The fourth-order valence-electron chi connectivity index (χ4n) is 1.18. The van der Waals surface area contributed by atoms with Crippen molar-refractivity contribution < 1.29 is 24.2 Å². The maximum absolute atomic E-state index is 11.6. The Labute approximate surface area is 129 Å². The monoisotopic (exact) mass is 320 g/mol. The van der Waals surface area contributed by atoms with Crippen LogP contribution in [0.3, 0.4) is 0 Å². The standard InChI is InChI=1S/C13H24N2O5S/c1-6-15(5)10(16)8-21-7-9(11(17)18)14-12(19)20-13(2,3)4/h9H,6-8H2,1-5H3,(H,14,19)(H,17,18). The zero-order valence-corrected chi connectivity index (χ0v) is 14.0. The molecule has 2 N–H and O–H groups in total. The van der Waals surface area contributed by atoms with Gasteiger partial charge < -0.3 is 20.1 Å². The highest BCUT2D eigenvalue weighted by Crippen LogP contribution is 2.09. The Morgan fingerprint density at radius 3 is 2.33 bits per heavy atom. The predicted molar refractivity (Wildman–Crippen MR) is 81.4 cm³/mol. The van der Waals surface area contributed by atoms with E-state index in [1.807, 2.05) is 6.92 Å². The first-order chi connectivity index (χ1) is 9.56. The molecule has 21 heavy (non-hydrogen) atoms. The van der Waals surface area contributed by atoms with Gasteiger partial charge in [-0.15, -0.1) is 11.8 Å². The van der Waals surface area contributed by atoms with Gasteiger partial charge in [0.25, 0.3) is 0 Å². The van der Waals surface area contributed by atoms with E-state index in [0.29, 0.717) is 6.54 Å². The second-order valence-corrected chi connectivity index (χ2v) is 6.49. The number of carbonyl (C=O) groups excluding carboxylic acids is 2. The third-order valence-electron chi connectivity index (χ3n) is 2.40. The normalized spacial score (nSPS) is 12.4. The lowest BCUT2D eigenvalue weighted by atomic mass is 10.2. The topological polar surface area (TPSA) is 95.9 Å². The van der Waals surface area contributed by atoms with Crippen molar-refractivity contribution in [3.63, 3.8) is 0 Å². The number of rotatable bonds is 7. The van der Waals surface area contributed by atoms with E-state index < -0.39 is 23.7 Å². The van der Waals surface area contributed by atoms with Crippen LogP contribution in [0.25, 0.3) is 0 Å². The van der Waals surface area contributed by atoms with Crippen molar-refractivity contribution in [1.29, 1.82) is 0 Å². The van der Waals surface area contributed by atoms with Crippen LogP contribution in [0.4, 0.5) is 4.79 Å². The lowest BCUT2D eigenvalue weighted by Gasteiger charge is -2.22. The van der Waals surface area contributed by atoms with E-state index in [2.05, 4.69) is 5.32 Å². The number of nitrogens with zero attached hydrogens (tertiary/aromatic N) is 1. The number of hydrogen-bond acceptors (Lipinski definition) is 5. The van der Waals surface area contributed by atoms with Crippen molar-refractivity contribution in [3.05, 3.63) is 0 Å². The van der Waals surface area contributed by atoms with Crippen LogP contribution in [0.1, 0.15) is 27.7 Å². The van der Waals surface area contributed by atoms with Crippen LogP contribution >= 0.6 is 11.8 Å². The summed E-state index contributed by atoms with van der Waals surface area (Å²) in [5.41, 5.74) is -0.694. The molecular weight excluding hydrogens is 296 g/mol. The molecule has 1 atom stereocenters. The summed E-state index contributed by atoms with van der Waals surface area (Å²) in [4.78, 5) is 35.8. The molecule has 8 heteroatoms. The molecule has 0 aliphatic rings. The number of amides is 2. The van der Waals surface area contributed by atoms with Gasteiger partial charge in [-0.25, -0.2) is 9.59 Å². The number of nitrogens with one attached hydrogen (secondary N) is 1. The summed E-state index contributed by atoms with van der Waals surface area (Å²) in [5, 5.41) is 11.3. The number of thioether (sulfide) groups is 1. The number of carbonyl (C=O) groups is 3. The molecule has 0 saturated heterocycles. The van der Waals surface area contributed by atoms with E-state index in [1.165, 1.54) is 0 Å². The van der Waals surface area contributed by atoms with E-state index >= 15 is 0 Å². The Balaban J connectivity index is 4.30. The molecule has 0 fully saturated rings. The number of carboxylic acid groups (broad SMARTS) is 1. The minimum absolute atomic E-state index is 0.0797. The Morgan fingerprint density at radius 1 is 1.33 bits per heavy atom. The van der Waals surface area contributed by atoms with E-state index in [1.54, 1.807) is 32.7 Å². The van der Waals surface area contributed by atoms with Crippen molar-refractivity contribution in [1.82, 2.24) is 10.2 Å². The van der Waals surface area contributed by atoms with Crippen LogP contribution in [-0.2, 0) is 14.3 Å². The van der Waals surface area contributed by atoms with Gasteiger partial charge in [0, 0.05) is 19.3 Å². The quantitative estimate of drug-likeness (QED) is 0.731. The van der Waals surface area contributed by atoms with Crippen molar-refractivity contribution in [3.8, 4) is 0 Å². The van der Waals surface area contributed by atoms with Crippen LogP contribution < -0.4 is 5.32 Å². The highest BCUT2D eigenvalue weighted by molar-refractivity contribution is 8.00. The van der Waals surface area contributed by atoms with Crippen LogP contribution in [0.2, 0.25) is 0 Å². The SMILES string of the molecule is CCN(C)C(=O)CSCC(NC(=O)OC(C)(C)C)C(=O)O. The highest BCUT2D eigenvalue weighted by atomic mass is 32.2. The molecule has 0 radical (unpaired) electrons. The molecule has 0 heterocycles. The first kappa shape index (κ1) is 19.6. The molecule has 7 nitrogen and oxygen atoms in total. The van der Waals surface area contributed by atoms with E-state index in [-0.39, 0.29) is 17.4 Å². The van der Waals surface area contributed by atoms with Gasteiger partial charge >= 0.3 is 12.1 Å². The van der Waals surface area contributed by atoms with Gasteiger partial charge in [-0.2, -0.15) is 0 Å². The molecule has 0 saturated carbocycles. The van der Waals surface area contributed by atoms with E-state index in [4.69, 9.17) is 9.84 Å². The summed E-state index contributed by atoms with van der Waals surface area (Å²) in [6.45, 7) is 7.52. The van der Waals surface area contributed by atoms with Crippen LogP contribution in [0.5, 0.6) is 0 Å². The molecule has 122 valence electrons. The van der Waals surface area contributed by atoms with Crippen molar-refractivity contribution in [2.24, 2.45) is 0 Å². The molecule has 1 unspecified atom stereocenters. The van der Waals surface area contributed by atoms with Crippen molar-refractivity contribution in [2.45, 2.75) is 39.3 Å². The molecular formula is C13H24N2O5S. The molecule has 0 aliphatic carbocycles. The maximum atomic E-state index is 11.6. The van der Waals surface area contributed by atoms with Gasteiger partial charge in [-0.05, 0) is 27.7 Å². The second kappa shape index (κ2) is 8.76. The van der Waals surface area contributed by atoms with Gasteiger partial charge in [0.15, 0.2) is 0 Å². The summed E-state index contributed by atoms with van der Waals surface area (Å²) in [6.07, 6.45) is -0.785. The molecule has 0 bridgehead atoms. The van der Waals surface area contributed by atoms with Gasteiger partial charge in [0.2, 0.25) is 5.91 Å². The molecule has 0 aromatic heterocycles. The number of carboxylic acids is 1. The van der Waals surface area contributed by atoms with Gasteiger partial charge in [-0.1, -0.05) is 0 Å².